The largest absolute Gasteiger partial charge is 0.393 e. The van der Waals surface area contributed by atoms with Gasteiger partial charge in [-0.1, -0.05) is 56.7 Å². The summed E-state index contributed by atoms with van der Waals surface area (Å²) in [5, 5.41) is 23.5. The summed E-state index contributed by atoms with van der Waals surface area (Å²) in [5.74, 6) is 0.425. The number of aliphatic hydroxyl groups excluding tert-OH is 1. The second kappa shape index (κ2) is 8.97. The normalized spacial score (nSPS) is 38.7. The Balaban J connectivity index is 1.28. The van der Waals surface area contributed by atoms with Crippen molar-refractivity contribution < 1.29 is 19.7 Å². The van der Waals surface area contributed by atoms with E-state index in [2.05, 4.69) is 56.1 Å². The minimum atomic E-state index is -0.884. The van der Waals surface area contributed by atoms with Gasteiger partial charge in [0.15, 0.2) is 5.79 Å². The summed E-state index contributed by atoms with van der Waals surface area (Å²) in [7, 11) is 0. The molecule has 0 amide bonds. The molecule has 5 nitrogen and oxygen atoms in total. The van der Waals surface area contributed by atoms with Gasteiger partial charge < -0.3 is 19.7 Å². The van der Waals surface area contributed by atoms with Crippen molar-refractivity contribution in [1.82, 2.24) is 4.98 Å². The highest BCUT2D eigenvalue weighted by Crippen LogP contribution is 2.65. The number of allylic oxidation sites excluding steroid dienone is 1. The Morgan fingerprint density at radius 2 is 1.69 bits per heavy atom. The van der Waals surface area contributed by atoms with Crippen LogP contribution in [0.2, 0.25) is 0 Å². The van der Waals surface area contributed by atoms with Gasteiger partial charge in [0.25, 0.3) is 0 Å². The molecular formula is C34H43NO4. The third-order valence-corrected chi connectivity index (χ3v) is 11.1. The van der Waals surface area contributed by atoms with E-state index in [0.717, 1.165) is 56.1 Å². The highest BCUT2D eigenvalue weighted by Gasteiger charge is 2.60. The zero-order valence-corrected chi connectivity index (χ0v) is 23.7. The van der Waals surface area contributed by atoms with Crippen LogP contribution >= 0.6 is 0 Å². The summed E-state index contributed by atoms with van der Waals surface area (Å²) in [4.78, 5) is 4.29. The van der Waals surface area contributed by atoms with Gasteiger partial charge in [-0.2, -0.15) is 0 Å². The first kappa shape index (κ1) is 25.9. The number of aromatic nitrogens is 1. The Labute approximate surface area is 232 Å². The first-order chi connectivity index (χ1) is 18.6. The maximum atomic E-state index is 12.3. The molecule has 1 spiro atoms. The van der Waals surface area contributed by atoms with E-state index >= 15 is 0 Å². The van der Waals surface area contributed by atoms with Crippen molar-refractivity contribution in [2.24, 2.45) is 22.7 Å². The molecule has 2 N–H and O–H groups in total. The maximum Gasteiger partial charge on any atom is 0.171 e. The number of benzene rings is 1. The smallest absolute Gasteiger partial charge is 0.171 e. The van der Waals surface area contributed by atoms with E-state index in [1.54, 1.807) is 6.20 Å². The lowest BCUT2D eigenvalue weighted by Gasteiger charge is -2.57. The van der Waals surface area contributed by atoms with Crippen LogP contribution in [0.5, 0.6) is 0 Å². The number of rotatable bonds is 2. The average Bonchev–Trinajstić information content (AvgIpc) is 3.24. The third-order valence-electron chi connectivity index (χ3n) is 11.1. The summed E-state index contributed by atoms with van der Waals surface area (Å²) in [6.45, 7) is 8.02. The molecule has 4 fully saturated rings. The molecule has 39 heavy (non-hydrogen) atoms. The maximum absolute atomic E-state index is 12.3. The standard InChI is InChI=1S/C34H43NO4/c1-31(2)20-38-34(39-21-31)15-13-28-30-25(12-14-33(28,37)19-34)27-10-11-29(36)32(27,3)17-26(30)23-8-6-22(7-9-23)24-5-4-16-35-18-24/h4-9,16,18,25-27,29,36-37H,10-15,17,19-21H2,1-3H3/t25-,26+,27-,29-,32-,33+/m0/s1. The lowest BCUT2D eigenvalue weighted by atomic mass is 9.51. The Morgan fingerprint density at radius 1 is 0.923 bits per heavy atom. The van der Waals surface area contributed by atoms with Crippen LogP contribution in [-0.4, -0.2) is 45.9 Å². The molecule has 2 heterocycles. The first-order valence-corrected chi connectivity index (χ1v) is 15.0. The number of hydrogen-bond donors (Lipinski definition) is 2. The number of hydrogen-bond acceptors (Lipinski definition) is 5. The average molecular weight is 530 g/mol. The molecule has 0 bridgehead atoms. The van der Waals surface area contributed by atoms with Gasteiger partial charge in [0.2, 0.25) is 0 Å². The second-order valence-corrected chi connectivity index (χ2v) is 14.3. The Morgan fingerprint density at radius 3 is 2.41 bits per heavy atom. The minimum Gasteiger partial charge on any atom is -0.393 e. The molecule has 3 saturated carbocycles. The molecule has 5 aliphatic rings. The molecule has 4 aliphatic carbocycles. The molecule has 6 atom stereocenters. The Kier molecular flexibility index (Phi) is 5.96. The Hall–Kier alpha value is -2.05. The van der Waals surface area contributed by atoms with Gasteiger partial charge in [0, 0.05) is 36.6 Å². The van der Waals surface area contributed by atoms with Gasteiger partial charge in [-0.15, -0.1) is 0 Å². The molecule has 1 aliphatic heterocycles. The van der Waals surface area contributed by atoms with Crippen molar-refractivity contribution in [2.75, 3.05) is 13.2 Å². The van der Waals surface area contributed by atoms with E-state index < -0.39 is 11.4 Å². The van der Waals surface area contributed by atoms with Crippen LogP contribution in [0.3, 0.4) is 0 Å². The summed E-state index contributed by atoms with van der Waals surface area (Å²) in [6, 6.07) is 13.0. The van der Waals surface area contributed by atoms with Gasteiger partial charge in [0.1, 0.15) is 0 Å². The molecule has 7 rings (SSSR count). The van der Waals surface area contributed by atoms with Crippen LogP contribution in [0.4, 0.5) is 0 Å². The van der Waals surface area contributed by atoms with Gasteiger partial charge in [-0.25, -0.2) is 0 Å². The summed E-state index contributed by atoms with van der Waals surface area (Å²) < 4.78 is 12.8. The van der Waals surface area contributed by atoms with E-state index in [4.69, 9.17) is 9.47 Å². The predicted molar refractivity (Wildman–Crippen MR) is 151 cm³/mol. The molecule has 208 valence electrons. The van der Waals surface area contributed by atoms with Gasteiger partial charge >= 0.3 is 0 Å². The highest BCUT2D eigenvalue weighted by atomic mass is 16.7. The first-order valence-electron chi connectivity index (χ1n) is 15.0. The number of aliphatic hydroxyl groups is 2. The zero-order valence-electron chi connectivity index (χ0n) is 23.7. The summed E-state index contributed by atoms with van der Waals surface area (Å²) >= 11 is 0. The van der Waals surface area contributed by atoms with Gasteiger partial charge in [-0.05, 0) is 84.1 Å². The van der Waals surface area contributed by atoms with Crippen LogP contribution in [0.1, 0.15) is 83.6 Å². The van der Waals surface area contributed by atoms with E-state index in [-0.39, 0.29) is 22.9 Å². The quantitative estimate of drug-likeness (QED) is 0.440. The van der Waals surface area contributed by atoms with E-state index in [1.165, 1.54) is 16.7 Å². The fourth-order valence-corrected chi connectivity index (χ4v) is 8.97. The SMILES string of the molecule is CC1(C)COC2(CCC3=C4[C@@H](CC[C@@]3(O)C2)[C@@H]2CC[C@H](O)[C@@]2(C)C[C@@H]4c2ccc(-c3cccnc3)cc2)OC1. The van der Waals surface area contributed by atoms with Crippen molar-refractivity contribution in [2.45, 2.75) is 95.5 Å². The van der Waals surface area contributed by atoms with Crippen LogP contribution in [0.15, 0.2) is 59.9 Å². The molecule has 0 radical (unpaired) electrons. The fourth-order valence-electron chi connectivity index (χ4n) is 8.97. The second-order valence-electron chi connectivity index (χ2n) is 14.3. The molecule has 2 aromatic rings. The predicted octanol–water partition coefficient (Wildman–Crippen LogP) is 6.40. The molecule has 5 heteroatoms. The highest BCUT2D eigenvalue weighted by molar-refractivity contribution is 5.63. The third kappa shape index (κ3) is 4.15. The van der Waals surface area contributed by atoms with E-state index in [9.17, 15) is 10.2 Å². The molecular weight excluding hydrogens is 486 g/mol. The summed E-state index contributed by atoms with van der Waals surface area (Å²) in [5.41, 5.74) is 5.34. The van der Waals surface area contributed by atoms with Crippen LogP contribution in [0, 0.1) is 22.7 Å². The fraction of sp³-hybridized carbons (Fsp3) is 0.618. The Bertz CT molecular complexity index is 1260. The monoisotopic (exact) mass is 529 g/mol. The number of nitrogens with zero attached hydrogens (tertiary/aromatic N) is 1. The van der Waals surface area contributed by atoms with Crippen molar-refractivity contribution in [3.05, 3.63) is 65.5 Å². The molecule has 1 saturated heterocycles. The van der Waals surface area contributed by atoms with Crippen LogP contribution in [-0.2, 0) is 9.47 Å². The zero-order chi connectivity index (χ0) is 27.0. The van der Waals surface area contributed by atoms with Crippen molar-refractivity contribution in [3.8, 4) is 11.1 Å². The number of fused-ring (bicyclic) bond motifs is 4. The number of ether oxygens (including phenoxy) is 2. The lowest BCUT2D eigenvalue weighted by molar-refractivity contribution is -0.322. The molecule has 0 unspecified atom stereocenters. The number of pyridine rings is 1. The van der Waals surface area contributed by atoms with Gasteiger partial charge in [0.05, 0.1) is 24.9 Å². The van der Waals surface area contributed by atoms with Gasteiger partial charge in [-0.3, -0.25) is 4.98 Å². The van der Waals surface area contributed by atoms with Crippen LogP contribution < -0.4 is 0 Å². The lowest BCUT2D eigenvalue weighted by Crippen LogP contribution is -2.57. The van der Waals surface area contributed by atoms with Crippen molar-refractivity contribution in [3.63, 3.8) is 0 Å². The minimum absolute atomic E-state index is 0.00841. The van der Waals surface area contributed by atoms with Crippen molar-refractivity contribution in [1.29, 1.82) is 0 Å². The molecule has 1 aromatic carbocycles. The summed E-state index contributed by atoms with van der Waals surface area (Å²) in [6.07, 6.45) is 10.2. The topological polar surface area (TPSA) is 71.8 Å². The molecule has 1 aromatic heterocycles. The van der Waals surface area contributed by atoms with Crippen LogP contribution in [0.25, 0.3) is 11.1 Å². The van der Waals surface area contributed by atoms with E-state index in [1.807, 2.05) is 12.3 Å². The van der Waals surface area contributed by atoms with Crippen molar-refractivity contribution >= 4 is 0 Å². The van der Waals surface area contributed by atoms with E-state index in [0.29, 0.717) is 31.5 Å².